The van der Waals surface area contributed by atoms with Crippen LogP contribution in [0.25, 0.3) is 0 Å². The van der Waals surface area contributed by atoms with Gasteiger partial charge < -0.3 is 10.1 Å². The van der Waals surface area contributed by atoms with Gasteiger partial charge in [-0.15, -0.1) is 0 Å². The van der Waals surface area contributed by atoms with E-state index in [1.807, 2.05) is 12.1 Å². The summed E-state index contributed by atoms with van der Waals surface area (Å²) in [7, 11) is 1.43. The number of carbonyl (C=O) groups excluding carboxylic acids is 1. The summed E-state index contributed by atoms with van der Waals surface area (Å²) in [4.78, 5) is 12.2. The zero-order valence-corrected chi connectivity index (χ0v) is 14.0. The van der Waals surface area contributed by atoms with Crippen molar-refractivity contribution in [2.24, 2.45) is 5.92 Å². The van der Waals surface area contributed by atoms with Crippen LogP contribution >= 0.6 is 0 Å². The van der Waals surface area contributed by atoms with Gasteiger partial charge in [0.25, 0.3) is 0 Å². The average molecular weight is 319 g/mol. The molecule has 0 fully saturated rings. The quantitative estimate of drug-likeness (QED) is 0.649. The molecular formula is C21H21NO2. The SMILES string of the molecule is COC(=O)c1cccc2c1NC(c1ccccc1C)C1CC=CC21. The number of fused-ring (bicyclic) bond motifs is 3. The molecule has 0 bridgehead atoms. The Morgan fingerprint density at radius 1 is 1.12 bits per heavy atom. The molecular weight excluding hydrogens is 298 g/mol. The fourth-order valence-corrected chi connectivity index (χ4v) is 4.15. The fourth-order valence-electron chi connectivity index (χ4n) is 4.15. The molecule has 122 valence electrons. The molecule has 0 aromatic heterocycles. The van der Waals surface area contributed by atoms with Crippen molar-refractivity contribution in [3.8, 4) is 0 Å². The number of rotatable bonds is 2. The highest BCUT2D eigenvalue weighted by molar-refractivity contribution is 5.97. The zero-order valence-electron chi connectivity index (χ0n) is 14.0. The van der Waals surface area contributed by atoms with Crippen LogP contribution in [0, 0.1) is 12.8 Å². The summed E-state index contributed by atoms with van der Waals surface area (Å²) in [5.41, 5.74) is 5.32. The number of benzene rings is 2. The van der Waals surface area contributed by atoms with Gasteiger partial charge in [0.2, 0.25) is 0 Å². The summed E-state index contributed by atoms with van der Waals surface area (Å²) in [6.45, 7) is 2.15. The number of hydrogen-bond donors (Lipinski definition) is 1. The Kier molecular flexibility index (Phi) is 3.64. The summed E-state index contributed by atoms with van der Waals surface area (Å²) < 4.78 is 4.98. The molecule has 2 aliphatic rings. The van der Waals surface area contributed by atoms with E-state index in [1.54, 1.807) is 0 Å². The van der Waals surface area contributed by atoms with Crippen LogP contribution in [0.3, 0.4) is 0 Å². The first kappa shape index (κ1) is 15.0. The molecule has 1 heterocycles. The van der Waals surface area contributed by atoms with Crippen molar-refractivity contribution < 1.29 is 9.53 Å². The summed E-state index contributed by atoms with van der Waals surface area (Å²) in [5, 5.41) is 3.67. The van der Waals surface area contributed by atoms with E-state index in [9.17, 15) is 4.79 Å². The van der Waals surface area contributed by atoms with Gasteiger partial charge >= 0.3 is 5.97 Å². The highest BCUT2D eigenvalue weighted by atomic mass is 16.5. The van der Waals surface area contributed by atoms with Gasteiger partial charge in [0.15, 0.2) is 0 Å². The molecule has 0 saturated heterocycles. The molecule has 0 radical (unpaired) electrons. The Bertz CT molecular complexity index is 824. The van der Waals surface area contributed by atoms with Crippen LogP contribution < -0.4 is 5.32 Å². The van der Waals surface area contributed by atoms with Gasteiger partial charge in [0.05, 0.1) is 24.4 Å². The largest absolute Gasteiger partial charge is 0.465 e. The molecule has 0 spiro atoms. The Labute approximate surface area is 142 Å². The molecule has 4 rings (SSSR count). The third kappa shape index (κ3) is 2.23. The molecule has 24 heavy (non-hydrogen) atoms. The van der Waals surface area contributed by atoms with Gasteiger partial charge in [-0.05, 0) is 42.0 Å². The molecule has 1 aliphatic carbocycles. The number of esters is 1. The highest BCUT2D eigenvalue weighted by Gasteiger charge is 2.39. The number of nitrogens with one attached hydrogen (secondary N) is 1. The summed E-state index contributed by atoms with van der Waals surface area (Å²) in [6.07, 6.45) is 5.61. The standard InChI is InChI=1S/C21H21NO2/c1-13-7-3-4-8-14(13)19-16-10-5-9-15(16)17-11-6-12-18(20(17)22-19)21(23)24-2/h3-9,11-12,15-16,19,22H,10H2,1-2H3. The Morgan fingerprint density at radius 2 is 1.92 bits per heavy atom. The van der Waals surface area contributed by atoms with Crippen molar-refractivity contribution in [3.05, 3.63) is 76.9 Å². The number of para-hydroxylation sites is 1. The number of hydrogen-bond acceptors (Lipinski definition) is 3. The Hall–Kier alpha value is -2.55. The number of anilines is 1. The molecule has 3 unspecified atom stereocenters. The lowest BCUT2D eigenvalue weighted by atomic mass is 9.75. The lowest BCUT2D eigenvalue weighted by Gasteiger charge is -2.38. The van der Waals surface area contributed by atoms with Gasteiger partial charge in [-0.2, -0.15) is 0 Å². The predicted molar refractivity (Wildman–Crippen MR) is 95.3 cm³/mol. The number of allylic oxidation sites excluding steroid dienone is 2. The van der Waals surface area contributed by atoms with Gasteiger partial charge in [0.1, 0.15) is 0 Å². The van der Waals surface area contributed by atoms with E-state index in [4.69, 9.17) is 4.74 Å². The minimum atomic E-state index is -0.289. The minimum absolute atomic E-state index is 0.199. The van der Waals surface area contributed by atoms with Crippen LogP contribution in [0.1, 0.15) is 45.4 Å². The first-order valence-electron chi connectivity index (χ1n) is 8.40. The van der Waals surface area contributed by atoms with Gasteiger partial charge in [0, 0.05) is 5.92 Å². The van der Waals surface area contributed by atoms with E-state index >= 15 is 0 Å². The van der Waals surface area contributed by atoms with Crippen LogP contribution in [0.15, 0.2) is 54.6 Å². The smallest absolute Gasteiger partial charge is 0.339 e. The van der Waals surface area contributed by atoms with E-state index in [2.05, 4.69) is 54.7 Å². The van der Waals surface area contributed by atoms with Crippen molar-refractivity contribution in [2.45, 2.75) is 25.3 Å². The Morgan fingerprint density at radius 3 is 2.71 bits per heavy atom. The van der Waals surface area contributed by atoms with Crippen LogP contribution in [0.5, 0.6) is 0 Å². The molecule has 1 N–H and O–H groups in total. The van der Waals surface area contributed by atoms with Crippen molar-refractivity contribution in [1.82, 2.24) is 0 Å². The molecule has 0 amide bonds. The van der Waals surface area contributed by atoms with Crippen LogP contribution in [0.4, 0.5) is 5.69 Å². The molecule has 2 aromatic rings. The van der Waals surface area contributed by atoms with Crippen LogP contribution in [-0.2, 0) is 4.74 Å². The lowest BCUT2D eigenvalue weighted by molar-refractivity contribution is 0.0601. The van der Waals surface area contributed by atoms with E-state index in [0.29, 0.717) is 17.4 Å². The molecule has 2 aromatic carbocycles. The topological polar surface area (TPSA) is 38.3 Å². The Balaban J connectivity index is 1.85. The first-order valence-corrected chi connectivity index (χ1v) is 8.40. The summed E-state index contributed by atoms with van der Waals surface area (Å²) >= 11 is 0. The maximum absolute atomic E-state index is 12.2. The molecule has 3 atom stereocenters. The third-order valence-electron chi connectivity index (χ3n) is 5.33. The zero-order chi connectivity index (χ0) is 16.7. The third-order valence-corrected chi connectivity index (χ3v) is 5.33. The number of ether oxygens (including phenoxy) is 1. The second-order valence-electron chi connectivity index (χ2n) is 6.59. The van der Waals surface area contributed by atoms with Crippen LogP contribution in [-0.4, -0.2) is 13.1 Å². The fraction of sp³-hybridized carbons (Fsp3) is 0.286. The van der Waals surface area contributed by atoms with E-state index in [1.165, 1.54) is 23.8 Å². The first-order chi connectivity index (χ1) is 11.7. The molecule has 3 heteroatoms. The monoisotopic (exact) mass is 319 g/mol. The van der Waals surface area contributed by atoms with Crippen molar-refractivity contribution in [1.29, 1.82) is 0 Å². The van der Waals surface area contributed by atoms with Crippen molar-refractivity contribution >= 4 is 11.7 Å². The molecule has 3 nitrogen and oxygen atoms in total. The van der Waals surface area contributed by atoms with Gasteiger partial charge in [-0.3, -0.25) is 0 Å². The van der Waals surface area contributed by atoms with Crippen molar-refractivity contribution in [2.75, 3.05) is 12.4 Å². The lowest BCUT2D eigenvalue weighted by Crippen LogP contribution is -2.30. The molecule has 0 saturated carbocycles. The minimum Gasteiger partial charge on any atom is -0.465 e. The number of aryl methyl sites for hydroxylation is 1. The second-order valence-corrected chi connectivity index (χ2v) is 6.59. The second kappa shape index (κ2) is 5.82. The molecule has 1 aliphatic heterocycles. The normalized spacial score (nSPS) is 24.0. The highest BCUT2D eigenvalue weighted by Crippen LogP contribution is 2.51. The summed E-state index contributed by atoms with van der Waals surface area (Å²) in [6, 6.07) is 14.6. The van der Waals surface area contributed by atoms with Gasteiger partial charge in [-0.1, -0.05) is 48.6 Å². The van der Waals surface area contributed by atoms with E-state index in [0.717, 1.165) is 12.1 Å². The maximum Gasteiger partial charge on any atom is 0.339 e. The predicted octanol–water partition coefficient (Wildman–Crippen LogP) is 4.61. The average Bonchev–Trinajstić information content (AvgIpc) is 3.10. The number of methoxy groups -OCH3 is 1. The van der Waals surface area contributed by atoms with Gasteiger partial charge in [-0.25, -0.2) is 4.79 Å². The van der Waals surface area contributed by atoms with E-state index in [-0.39, 0.29) is 12.0 Å². The maximum atomic E-state index is 12.2. The van der Waals surface area contributed by atoms with E-state index < -0.39 is 0 Å². The van der Waals surface area contributed by atoms with Crippen molar-refractivity contribution in [3.63, 3.8) is 0 Å². The number of carbonyl (C=O) groups is 1. The van der Waals surface area contributed by atoms with Crippen LogP contribution in [0.2, 0.25) is 0 Å². The summed E-state index contributed by atoms with van der Waals surface area (Å²) in [5.74, 6) is 0.533.